The van der Waals surface area contributed by atoms with Crippen molar-refractivity contribution >= 4 is 49.7 Å². The van der Waals surface area contributed by atoms with Crippen LogP contribution in [-0.4, -0.2) is 39.9 Å². The Kier molecular flexibility index (Phi) is 7.12. The molecule has 0 aliphatic heterocycles. The van der Waals surface area contributed by atoms with Crippen LogP contribution in [0.5, 0.6) is 0 Å². The highest BCUT2D eigenvalue weighted by molar-refractivity contribution is 7.89. The summed E-state index contributed by atoms with van der Waals surface area (Å²) >= 11 is 0. The number of hydrogen-bond donors (Lipinski definition) is 3. The number of non-ortho nitro benzene ring substituents is 2. The summed E-state index contributed by atoms with van der Waals surface area (Å²) in [5, 5.41) is 28.2. The number of hydrazone groups is 1. The van der Waals surface area contributed by atoms with E-state index in [2.05, 4.69) is 20.4 Å². The van der Waals surface area contributed by atoms with E-state index in [9.17, 15) is 38.2 Å². The number of nitrogens with one attached hydrogen (secondary N) is 3. The Morgan fingerprint density at radius 3 is 2.31 bits per heavy atom. The number of hydrogen-bond acceptors (Lipinski definition) is 10. The van der Waals surface area contributed by atoms with E-state index in [1.165, 1.54) is 36.4 Å². The molecule has 39 heavy (non-hydrogen) atoms. The fourth-order valence-corrected chi connectivity index (χ4v) is 4.13. The van der Waals surface area contributed by atoms with E-state index in [1.54, 1.807) is 19.1 Å². The van der Waals surface area contributed by atoms with Gasteiger partial charge in [-0.25, -0.2) is 4.98 Å². The first-order chi connectivity index (χ1) is 18.4. The zero-order valence-electron chi connectivity index (χ0n) is 19.8. The third-order valence-corrected chi connectivity index (χ3v) is 6.47. The van der Waals surface area contributed by atoms with Crippen molar-refractivity contribution in [3.05, 3.63) is 109 Å². The van der Waals surface area contributed by atoms with Crippen LogP contribution < -0.4 is 15.7 Å². The van der Waals surface area contributed by atoms with Crippen molar-refractivity contribution in [3.8, 4) is 0 Å². The molecule has 0 fully saturated rings. The molecular weight excluding hydrogens is 534 g/mol. The topological polar surface area (TPSA) is 220 Å². The molecule has 0 aliphatic rings. The molecule has 3 N–H and O–H groups in total. The predicted molar refractivity (Wildman–Crippen MR) is 139 cm³/mol. The van der Waals surface area contributed by atoms with Crippen molar-refractivity contribution in [1.29, 1.82) is 0 Å². The second kappa shape index (κ2) is 10.5. The number of anilines is 1. The van der Waals surface area contributed by atoms with E-state index in [-0.39, 0.29) is 33.0 Å². The molecule has 0 unspecified atom stereocenters. The van der Waals surface area contributed by atoms with Gasteiger partial charge in [0.25, 0.3) is 32.9 Å². The molecule has 4 rings (SSSR count). The Morgan fingerprint density at radius 2 is 1.64 bits per heavy atom. The molecule has 16 heteroatoms. The van der Waals surface area contributed by atoms with Crippen molar-refractivity contribution in [2.75, 3.05) is 5.32 Å². The summed E-state index contributed by atoms with van der Waals surface area (Å²) in [5.41, 5.74) is -2.30. The standard InChI is InChI=1S/C23H17N7O8S/c1-13-5-8-17(9-6-13)39(37,38)28-27-21(23(32)24-14-3-2-4-15(11-14)29(33)34)20-22(31)26-19-12-16(30(35)36)7-10-18(19)25-20/h2-12,28H,1H3,(H,24,32)(H,26,31)/b27-21+. The molecular formula is C23H17N7O8S. The van der Waals surface area contributed by atoms with Gasteiger partial charge in [0, 0.05) is 30.0 Å². The summed E-state index contributed by atoms with van der Waals surface area (Å²) in [6.45, 7) is 1.75. The van der Waals surface area contributed by atoms with Crippen LogP contribution in [-0.2, 0) is 14.8 Å². The number of nitro groups is 2. The molecule has 4 aromatic rings. The highest BCUT2D eigenvalue weighted by Gasteiger charge is 2.24. The number of fused-ring (bicyclic) bond motifs is 1. The smallest absolute Gasteiger partial charge is 0.278 e. The molecule has 1 amide bonds. The van der Waals surface area contributed by atoms with Gasteiger partial charge in [-0.1, -0.05) is 23.8 Å². The van der Waals surface area contributed by atoms with E-state index in [0.29, 0.717) is 0 Å². The van der Waals surface area contributed by atoms with Gasteiger partial charge < -0.3 is 10.3 Å². The largest absolute Gasteiger partial charge is 0.320 e. The predicted octanol–water partition coefficient (Wildman–Crippen LogP) is 2.37. The van der Waals surface area contributed by atoms with Crippen LogP contribution >= 0.6 is 0 Å². The van der Waals surface area contributed by atoms with Gasteiger partial charge in [-0.2, -0.15) is 18.4 Å². The van der Waals surface area contributed by atoms with E-state index in [4.69, 9.17) is 0 Å². The first kappa shape index (κ1) is 26.6. The van der Waals surface area contributed by atoms with Crippen molar-refractivity contribution in [2.45, 2.75) is 11.8 Å². The second-order valence-corrected chi connectivity index (χ2v) is 9.66. The lowest BCUT2D eigenvalue weighted by Gasteiger charge is -2.10. The number of H-pyrrole nitrogens is 1. The van der Waals surface area contributed by atoms with Crippen molar-refractivity contribution in [2.24, 2.45) is 5.10 Å². The Balaban J connectivity index is 1.80. The maximum Gasteiger partial charge on any atom is 0.278 e. The van der Waals surface area contributed by atoms with Gasteiger partial charge in [0.05, 0.1) is 25.8 Å². The number of aromatic amines is 1. The molecule has 0 radical (unpaired) electrons. The highest BCUT2D eigenvalue weighted by atomic mass is 32.2. The lowest BCUT2D eigenvalue weighted by molar-refractivity contribution is -0.384. The van der Waals surface area contributed by atoms with Gasteiger partial charge in [-0.15, -0.1) is 0 Å². The Morgan fingerprint density at radius 1 is 0.974 bits per heavy atom. The molecule has 0 aliphatic carbocycles. The lowest BCUT2D eigenvalue weighted by atomic mass is 10.2. The SMILES string of the molecule is Cc1ccc(S(=O)(=O)N/N=C(/C(=O)Nc2cccc([N+](=O)[O-])c2)c2nc3ccc([N+](=O)[O-])cc3[nH]c2=O)cc1. The molecule has 1 aromatic heterocycles. The lowest BCUT2D eigenvalue weighted by Crippen LogP contribution is -2.33. The number of amides is 1. The third kappa shape index (κ3) is 5.91. The van der Waals surface area contributed by atoms with Crippen molar-refractivity contribution < 1.29 is 23.1 Å². The van der Waals surface area contributed by atoms with Crippen LogP contribution in [0, 0.1) is 27.2 Å². The van der Waals surface area contributed by atoms with Gasteiger partial charge in [-0.3, -0.25) is 29.8 Å². The van der Waals surface area contributed by atoms with E-state index >= 15 is 0 Å². The quantitative estimate of drug-likeness (QED) is 0.166. The van der Waals surface area contributed by atoms with Crippen LogP contribution in [0.4, 0.5) is 17.1 Å². The maximum absolute atomic E-state index is 13.2. The number of benzene rings is 3. The minimum atomic E-state index is -4.30. The second-order valence-electron chi connectivity index (χ2n) is 8.00. The zero-order valence-corrected chi connectivity index (χ0v) is 20.6. The molecule has 0 spiro atoms. The van der Waals surface area contributed by atoms with Crippen LogP contribution in [0.2, 0.25) is 0 Å². The van der Waals surface area contributed by atoms with E-state index in [1.807, 2.05) is 4.83 Å². The zero-order chi connectivity index (χ0) is 28.3. The average Bonchev–Trinajstić information content (AvgIpc) is 2.89. The summed E-state index contributed by atoms with van der Waals surface area (Å²) in [7, 11) is -4.30. The molecule has 0 saturated carbocycles. The normalized spacial score (nSPS) is 11.7. The molecule has 0 atom stereocenters. The van der Waals surface area contributed by atoms with Crippen molar-refractivity contribution in [1.82, 2.24) is 14.8 Å². The number of rotatable bonds is 8. The number of aromatic nitrogens is 2. The average molecular weight is 551 g/mol. The summed E-state index contributed by atoms with van der Waals surface area (Å²) in [6, 6.07) is 14.0. The molecule has 3 aromatic carbocycles. The number of nitrogens with zero attached hydrogens (tertiary/aromatic N) is 4. The number of sulfonamides is 1. The van der Waals surface area contributed by atoms with Gasteiger partial charge >= 0.3 is 0 Å². The summed E-state index contributed by atoms with van der Waals surface area (Å²) in [6.07, 6.45) is 0. The Bertz CT molecular complexity index is 1830. The van der Waals surface area contributed by atoms with Crippen molar-refractivity contribution in [3.63, 3.8) is 0 Å². The fourth-order valence-electron chi connectivity index (χ4n) is 3.32. The molecule has 1 heterocycles. The summed E-state index contributed by atoms with van der Waals surface area (Å²) in [5.74, 6) is -1.12. The summed E-state index contributed by atoms with van der Waals surface area (Å²) < 4.78 is 25.6. The Labute approximate surface area is 218 Å². The van der Waals surface area contributed by atoms with Crippen LogP contribution in [0.25, 0.3) is 11.0 Å². The first-order valence-corrected chi connectivity index (χ1v) is 12.3. The number of nitro benzene ring substituents is 2. The molecule has 0 bridgehead atoms. The van der Waals surface area contributed by atoms with Gasteiger partial charge in [0.1, 0.15) is 0 Å². The minimum absolute atomic E-state index is 0.0170. The minimum Gasteiger partial charge on any atom is -0.320 e. The Hall–Kier alpha value is -5.51. The summed E-state index contributed by atoms with van der Waals surface area (Å²) in [4.78, 5) is 55.0. The van der Waals surface area contributed by atoms with Crippen LogP contribution in [0.1, 0.15) is 11.3 Å². The molecule has 0 saturated heterocycles. The number of carbonyl (C=O) groups is 1. The van der Waals surface area contributed by atoms with Crippen LogP contribution in [0.15, 0.2) is 81.5 Å². The fraction of sp³-hybridized carbons (Fsp3) is 0.0435. The number of aryl methyl sites for hydroxylation is 1. The van der Waals surface area contributed by atoms with E-state index < -0.39 is 42.7 Å². The molecule has 198 valence electrons. The number of carbonyl (C=O) groups excluding carboxylic acids is 1. The monoisotopic (exact) mass is 551 g/mol. The van der Waals surface area contributed by atoms with Crippen LogP contribution in [0.3, 0.4) is 0 Å². The first-order valence-electron chi connectivity index (χ1n) is 10.9. The van der Waals surface area contributed by atoms with Gasteiger partial charge in [0.2, 0.25) is 0 Å². The van der Waals surface area contributed by atoms with Gasteiger partial charge in [0.15, 0.2) is 11.4 Å². The highest BCUT2D eigenvalue weighted by Crippen LogP contribution is 2.19. The maximum atomic E-state index is 13.2. The molecule has 15 nitrogen and oxygen atoms in total. The van der Waals surface area contributed by atoms with Gasteiger partial charge in [-0.05, 0) is 31.2 Å². The third-order valence-electron chi connectivity index (χ3n) is 5.25. The van der Waals surface area contributed by atoms with E-state index in [0.717, 1.165) is 23.8 Å².